The zero-order chi connectivity index (χ0) is 15.3. The Hall–Kier alpha value is -1.85. The fraction of sp³-hybridized carbons (Fsp3) is 0.688. The normalized spacial score (nSPS) is 35.8. The first-order chi connectivity index (χ1) is 10.6. The summed E-state index contributed by atoms with van der Waals surface area (Å²) in [6.45, 7) is 0.327. The molecule has 6 heteroatoms. The number of carbonyl (C=O) groups is 3. The Bertz CT molecular complexity index is 553. The van der Waals surface area contributed by atoms with Gasteiger partial charge in [-0.3, -0.25) is 14.4 Å². The van der Waals surface area contributed by atoms with Gasteiger partial charge in [0.15, 0.2) is 0 Å². The van der Waals surface area contributed by atoms with E-state index in [1.165, 1.54) is 25.7 Å². The Morgan fingerprint density at radius 3 is 2.59 bits per heavy atom. The molecule has 1 aliphatic heterocycles. The number of hydrogen-bond acceptors (Lipinski definition) is 5. The number of fused-ring (bicyclic) bond motifs is 2. The van der Waals surface area contributed by atoms with Crippen LogP contribution in [0.3, 0.4) is 0 Å². The number of hydroxylamine groups is 2. The molecule has 4 aliphatic rings. The van der Waals surface area contributed by atoms with Crippen LogP contribution in [-0.4, -0.2) is 29.6 Å². The maximum absolute atomic E-state index is 11.6. The highest BCUT2D eigenvalue weighted by molar-refractivity contribution is 6.01. The summed E-state index contributed by atoms with van der Waals surface area (Å²) in [6, 6.07) is 0. The fourth-order valence-electron chi connectivity index (χ4n) is 4.00. The van der Waals surface area contributed by atoms with E-state index in [1.54, 1.807) is 5.57 Å². The second kappa shape index (κ2) is 5.11. The van der Waals surface area contributed by atoms with Crippen molar-refractivity contribution in [2.75, 3.05) is 6.61 Å². The molecule has 4 rings (SSSR count). The number of imide groups is 1. The maximum atomic E-state index is 11.6. The van der Waals surface area contributed by atoms with E-state index in [4.69, 9.17) is 9.57 Å². The van der Waals surface area contributed by atoms with Crippen molar-refractivity contribution >= 4 is 18.0 Å². The second-order valence-corrected chi connectivity index (χ2v) is 6.69. The minimum Gasteiger partial charge on any atom is -0.432 e. The van der Waals surface area contributed by atoms with Crippen molar-refractivity contribution in [3.63, 3.8) is 0 Å². The summed E-state index contributed by atoms with van der Waals surface area (Å²) < 4.78 is 5.11. The van der Waals surface area contributed by atoms with Gasteiger partial charge in [-0.05, 0) is 49.4 Å². The number of hydrogen-bond donors (Lipinski definition) is 0. The van der Waals surface area contributed by atoms with Crippen molar-refractivity contribution in [3.05, 3.63) is 11.6 Å². The molecule has 0 N–H and O–H groups in total. The highest BCUT2D eigenvalue weighted by Crippen LogP contribution is 2.57. The number of amides is 2. The van der Waals surface area contributed by atoms with Crippen LogP contribution in [0.5, 0.6) is 0 Å². The molecule has 1 saturated heterocycles. The van der Waals surface area contributed by atoms with E-state index in [0.29, 0.717) is 29.4 Å². The first-order valence-electron chi connectivity index (χ1n) is 8.04. The molecule has 0 aromatic carbocycles. The zero-order valence-corrected chi connectivity index (χ0v) is 12.3. The standard InChI is InChI=1S/C16H19NO5/c18-14-5-6-15(19)17(14)22-16(20)21-8-13-11-3-1-9-7-10(9)2-4-12(11)13/h7,9,11-13H,1-6,8H2/t9?,11-,12+,13-/m0/s1. The predicted octanol–water partition coefficient (Wildman–Crippen LogP) is 2.20. The molecule has 3 aliphatic carbocycles. The van der Waals surface area contributed by atoms with Gasteiger partial charge in [-0.15, -0.1) is 0 Å². The van der Waals surface area contributed by atoms with E-state index < -0.39 is 18.0 Å². The Morgan fingerprint density at radius 2 is 1.82 bits per heavy atom. The highest BCUT2D eigenvalue weighted by atomic mass is 16.8. The van der Waals surface area contributed by atoms with Gasteiger partial charge in [0, 0.05) is 12.8 Å². The zero-order valence-electron chi connectivity index (χ0n) is 12.3. The van der Waals surface area contributed by atoms with Crippen LogP contribution in [0.1, 0.15) is 38.5 Å². The quantitative estimate of drug-likeness (QED) is 0.454. The molecule has 4 atom stereocenters. The number of ether oxygens (including phenoxy) is 1. The summed E-state index contributed by atoms with van der Waals surface area (Å²) in [5.74, 6) is 1.49. The minimum atomic E-state index is -0.951. The third-order valence-electron chi connectivity index (χ3n) is 5.43. The second-order valence-electron chi connectivity index (χ2n) is 6.69. The lowest BCUT2D eigenvalue weighted by atomic mass is 10.0. The van der Waals surface area contributed by atoms with Crippen molar-refractivity contribution in [1.82, 2.24) is 5.06 Å². The highest BCUT2D eigenvalue weighted by Gasteiger charge is 2.51. The summed E-state index contributed by atoms with van der Waals surface area (Å²) in [5, 5.41) is 0.526. The fourth-order valence-corrected chi connectivity index (χ4v) is 4.00. The molecular formula is C16H19NO5. The van der Waals surface area contributed by atoms with Crippen molar-refractivity contribution in [3.8, 4) is 0 Å². The van der Waals surface area contributed by atoms with Gasteiger partial charge < -0.3 is 4.74 Å². The van der Waals surface area contributed by atoms with Gasteiger partial charge >= 0.3 is 6.16 Å². The number of rotatable bonds is 3. The van der Waals surface area contributed by atoms with Crippen LogP contribution < -0.4 is 0 Å². The molecular weight excluding hydrogens is 286 g/mol. The van der Waals surface area contributed by atoms with Gasteiger partial charge in [-0.2, -0.15) is 0 Å². The van der Waals surface area contributed by atoms with Crippen LogP contribution in [0.4, 0.5) is 4.79 Å². The van der Waals surface area contributed by atoms with Crippen LogP contribution in [0, 0.1) is 23.7 Å². The number of allylic oxidation sites excluding steroid dienone is 2. The molecule has 3 fully saturated rings. The Morgan fingerprint density at radius 1 is 1.09 bits per heavy atom. The third kappa shape index (κ3) is 2.51. The molecule has 0 bridgehead atoms. The van der Waals surface area contributed by atoms with Crippen molar-refractivity contribution < 1.29 is 24.0 Å². The van der Waals surface area contributed by atoms with Gasteiger partial charge in [0.1, 0.15) is 0 Å². The first kappa shape index (κ1) is 13.8. The van der Waals surface area contributed by atoms with Gasteiger partial charge in [-0.25, -0.2) is 4.79 Å². The minimum absolute atomic E-state index is 0.0932. The largest absolute Gasteiger partial charge is 0.533 e. The molecule has 118 valence electrons. The van der Waals surface area contributed by atoms with Crippen LogP contribution in [0.15, 0.2) is 11.6 Å². The lowest BCUT2D eigenvalue weighted by molar-refractivity contribution is -0.177. The summed E-state index contributed by atoms with van der Waals surface area (Å²) in [7, 11) is 0. The van der Waals surface area contributed by atoms with Gasteiger partial charge in [0.05, 0.1) is 6.61 Å². The van der Waals surface area contributed by atoms with Gasteiger partial charge in [0.25, 0.3) is 11.8 Å². The van der Waals surface area contributed by atoms with Crippen LogP contribution >= 0.6 is 0 Å². The monoisotopic (exact) mass is 305 g/mol. The molecule has 1 unspecified atom stereocenters. The van der Waals surface area contributed by atoms with E-state index in [0.717, 1.165) is 5.92 Å². The topological polar surface area (TPSA) is 72.9 Å². The molecule has 1 heterocycles. The lowest BCUT2D eigenvalue weighted by Gasteiger charge is -2.12. The smallest absolute Gasteiger partial charge is 0.432 e. The maximum Gasteiger partial charge on any atom is 0.533 e. The van der Waals surface area contributed by atoms with E-state index in [2.05, 4.69) is 6.08 Å². The molecule has 2 saturated carbocycles. The Labute approximate surface area is 128 Å². The molecule has 2 amide bonds. The summed E-state index contributed by atoms with van der Waals surface area (Å²) in [4.78, 5) is 39.0. The SMILES string of the molecule is O=C(OC[C@@H]1[C@@H]2CCC3=CC3CC[C@@H]21)ON1C(=O)CCC1=O. The summed E-state index contributed by atoms with van der Waals surface area (Å²) >= 11 is 0. The number of carbonyl (C=O) groups excluding carboxylic acids is 3. The predicted molar refractivity (Wildman–Crippen MR) is 74.0 cm³/mol. The van der Waals surface area contributed by atoms with Crippen LogP contribution in [-0.2, 0) is 19.2 Å². The molecule has 0 aromatic heterocycles. The molecule has 6 nitrogen and oxygen atoms in total. The van der Waals surface area contributed by atoms with E-state index in [-0.39, 0.29) is 12.8 Å². The van der Waals surface area contributed by atoms with E-state index in [1.807, 2.05) is 0 Å². The molecule has 0 spiro atoms. The average Bonchev–Trinajstić information content (AvgIpc) is 3.34. The van der Waals surface area contributed by atoms with Crippen molar-refractivity contribution in [2.45, 2.75) is 38.5 Å². The van der Waals surface area contributed by atoms with E-state index >= 15 is 0 Å². The van der Waals surface area contributed by atoms with Gasteiger partial charge in [-0.1, -0.05) is 16.7 Å². The molecule has 0 aromatic rings. The first-order valence-corrected chi connectivity index (χ1v) is 8.04. The van der Waals surface area contributed by atoms with Crippen molar-refractivity contribution in [2.24, 2.45) is 23.7 Å². The van der Waals surface area contributed by atoms with Gasteiger partial charge in [0.2, 0.25) is 0 Å². The van der Waals surface area contributed by atoms with Crippen molar-refractivity contribution in [1.29, 1.82) is 0 Å². The van der Waals surface area contributed by atoms with Crippen LogP contribution in [0.2, 0.25) is 0 Å². The Balaban J connectivity index is 1.23. The Kier molecular flexibility index (Phi) is 3.20. The summed E-state index contributed by atoms with van der Waals surface area (Å²) in [6.07, 6.45) is 6.40. The van der Waals surface area contributed by atoms with E-state index in [9.17, 15) is 14.4 Å². The number of nitrogens with zero attached hydrogens (tertiary/aromatic N) is 1. The molecule has 22 heavy (non-hydrogen) atoms. The molecule has 0 radical (unpaired) electrons. The van der Waals surface area contributed by atoms with Crippen LogP contribution in [0.25, 0.3) is 0 Å². The third-order valence-corrected chi connectivity index (χ3v) is 5.43. The summed E-state index contributed by atoms with van der Waals surface area (Å²) in [5.41, 5.74) is 1.61. The lowest BCUT2D eigenvalue weighted by Crippen LogP contribution is -2.32. The average molecular weight is 305 g/mol.